The minimum atomic E-state index is 0.207. The highest BCUT2D eigenvalue weighted by atomic mass is 16.2. The van der Waals surface area contributed by atoms with Gasteiger partial charge in [0.25, 0.3) is 0 Å². The fraction of sp³-hybridized carbons (Fsp3) is 0.562. The van der Waals surface area contributed by atoms with Gasteiger partial charge in [-0.3, -0.25) is 4.79 Å². The van der Waals surface area contributed by atoms with E-state index in [-0.39, 0.29) is 11.8 Å². The summed E-state index contributed by atoms with van der Waals surface area (Å²) < 4.78 is 0. The summed E-state index contributed by atoms with van der Waals surface area (Å²) in [6.07, 6.45) is 4.61. The molecule has 2 fully saturated rings. The van der Waals surface area contributed by atoms with Gasteiger partial charge in [-0.05, 0) is 43.7 Å². The van der Waals surface area contributed by atoms with Gasteiger partial charge in [-0.25, -0.2) is 0 Å². The van der Waals surface area contributed by atoms with E-state index in [1.807, 2.05) is 18.2 Å². The van der Waals surface area contributed by atoms with Crippen molar-refractivity contribution in [1.82, 2.24) is 10.6 Å². The van der Waals surface area contributed by atoms with Gasteiger partial charge in [0, 0.05) is 18.5 Å². The molecule has 1 aromatic carbocycles. The number of carbonyl (C=O) groups excluding carboxylic acids is 1. The lowest BCUT2D eigenvalue weighted by atomic mass is 10.1. The number of carbonyl (C=O) groups is 1. The van der Waals surface area contributed by atoms with E-state index < -0.39 is 0 Å². The maximum absolute atomic E-state index is 12.0. The summed E-state index contributed by atoms with van der Waals surface area (Å²) in [5.41, 5.74) is 1.31. The van der Waals surface area contributed by atoms with Gasteiger partial charge in [0.15, 0.2) is 0 Å². The SMILES string of the molecule is O=C(NCC[C@H]1CCCN1)C1CC1c1ccccc1. The van der Waals surface area contributed by atoms with E-state index in [9.17, 15) is 4.79 Å². The Hall–Kier alpha value is -1.35. The van der Waals surface area contributed by atoms with Gasteiger partial charge in [-0.15, -0.1) is 0 Å². The molecule has 2 N–H and O–H groups in total. The zero-order valence-corrected chi connectivity index (χ0v) is 11.3. The normalized spacial score (nSPS) is 29.2. The van der Waals surface area contributed by atoms with Crippen LogP contribution in [-0.2, 0) is 4.79 Å². The average molecular weight is 258 g/mol. The first-order chi connectivity index (χ1) is 9.34. The molecule has 1 heterocycles. The van der Waals surface area contributed by atoms with Gasteiger partial charge in [-0.1, -0.05) is 30.3 Å². The summed E-state index contributed by atoms with van der Waals surface area (Å²) in [6.45, 7) is 1.95. The number of hydrogen-bond donors (Lipinski definition) is 2. The Balaban J connectivity index is 1.40. The zero-order chi connectivity index (χ0) is 13.1. The Morgan fingerprint density at radius 1 is 1.32 bits per heavy atom. The van der Waals surface area contributed by atoms with Gasteiger partial charge in [-0.2, -0.15) is 0 Å². The number of hydrogen-bond acceptors (Lipinski definition) is 2. The summed E-state index contributed by atoms with van der Waals surface area (Å²) in [5, 5.41) is 6.55. The van der Waals surface area contributed by atoms with E-state index in [1.165, 1.54) is 18.4 Å². The molecule has 1 aromatic rings. The molecule has 102 valence electrons. The van der Waals surface area contributed by atoms with Crippen molar-refractivity contribution in [2.45, 2.75) is 37.6 Å². The van der Waals surface area contributed by atoms with Crippen LogP contribution >= 0.6 is 0 Å². The van der Waals surface area contributed by atoms with Crippen molar-refractivity contribution >= 4 is 5.91 Å². The number of benzene rings is 1. The van der Waals surface area contributed by atoms with Crippen LogP contribution in [0.5, 0.6) is 0 Å². The Morgan fingerprint density at radius 3 is 2.89 bits per heavy atom. The molecule has 1 saturated carbocycles. The highest BCUT2D eigenvalue weighted by molar-refractivity contribution is 5.82. The Kier molecular flexibility index (Phi) is 3.83. The van der Waals surface area contributed by atoms with Crippen LogP contribution in [0, 0.1) is 5.92 Å². The van der Waals surface area contributed by atoms with Crippen LogP contribution in [0.2, 0.25) is 0 Å². The van der Waals surface area contributed by atoms with Crippen molar-refractivity contribution in [3.05, 3.63) is 35.9 Å². The summed E-state index contributed by atoms with van der Waals surface area (Å²) in [7, 11) is 0. The molecule has 0 spiro atoms. The third-order valence-corrected chi connectivity index (χ3v) is 4.31. The number of rotatable bonds is 5. The van der Waals surface area contributed by atoms with Gasteiger partial charge in [0.05, 0.1) is 0 Å². The van der Waals surface area contributed by atoms with E-state index in [2.05, 4.69) is 22.8 Å². The van der Waals surface area contributed by atoms with Crippen molar-refractivity contribution < 1.29 is 4.79 Å². The first kappa shape index (κ1) is 12.7. The maximum atomic E-state index is 12.0. The molecule has 1 aliphatic heterocycles. The molecular formula is C16H22N2O. The molecule has 3 atom stereocenters. The van der Waals surface area contributed by atoms with Crippen molar-refractivity contribution in [3.8, 4) is 0 Å². The summed E-state index contributed by atoms with van der Waals surface area (Å²) >= 11 is 0. The first-order valence-corrected chi connectivity index (χ1v) is 7.40. The summed E-state index contributed by atoms with van der Waals surface area (Å²) in [5.74, 6) is 0.900. The zero-order valence-electron chi connectivity index (χ0n) is 11.3. The molecule has 2 aliphatic rings. The lowest BCUT2D eigenvalue weighted by Gasteiger charge is -2.10. The smallest absolute Gasteiger partial charge is 0.223 e. The van der Waals surface area contributed by atoms with Gasteiger partial charge in [0.2, 0.25) is 5.91 Å². The molecule has 0 bridgehead atoms. The molecule has 3 heteroatoms. The second-order valence-corrected chi connectivity index (χ2v) is 5.73. The van der Waals surface area contributed by atoms with Crippen LogP contribution < -0.4 is 10.6 Å². The van der Waals surface area contributed by atoms with Crippen LogP contribution in [0.3, 0.4) is 0 Å². The molecule has 1 aliphatic carbocycles. The highest BCUT2D eigenvalue weighted by Gasteiger charge is 2.43. The van der Waals surface area contributed by atoms with Gasteiger partial charge < -0.3 is 10.6 Å². The Bertz CT molecular complexity index is 426. The van der Waals surface area contributed by atoms with Crippen molar-refractivity contribution in [2.24, 2.45) is 5.92 Å². The molecular weight excluding hydrogens is 236 g/mol. The predicted octanol–water partition coefficient (Wildman–Crippen LogP) is 2.05. The fourth-order valence-corrected chi connectivity index (χ4v) is 3.06. The molecule has 3 rings (SSSR count). The minimum Gasteiger partial charge on any atom is -0.356 e. The number of nitrogens with one attached hydrogen (secondary N) is 2. The van der Waals surface area contributed by atoms with Crippen LogP contribution in [0.25, 0.3) is 0 Å². The molecule has 19 heavy (non-hydrogen) atoms. The standard InChI is InChI=1S/C16H22N2O/c19-16(18-10-8-13-7-4-9-17-13)15-11-14(15)12-5-2-1-3-6-12/h1-3,5-6,13-15,17H,4,7-11H2,(H,18,19)/t13-,14?,15?/m1/s1. The van der Waals surface area contributed by atoms with Gasteiger partial charge >= 0.3 is 0 Å². The Labute approximate surface area is 114 Å². The fourth-order valence-electron chi connectivity index (χ4n) is 3.06. The average Bonchev–Trinajstić information content (AvgIpc) is 3.09. The van der Waals surface area contributed by atoms with Crippen molar-refractivity contribution in [3.63, 3.8) is 0 Å². The van der Waals surface area contributed by atoms with Crippen LogP contribution in [0.15, 0.2) is 30.3 Å². The minimum absolute atomic E-state index is 0.207. The quantitative estimate of drug-likeness (QED) is 0.848. The third-order valence-electron chi connectivity index (χ3n) is 4.31. The van der Waals surface area contributed by atoms with Crippen LogP contribution in [0.1, 0.15) is 37.2 Å². The lowest BCUT2D eigenvalue weighted by molar-refractivity contribution is -0.122. The van der Waals surface area contributed by atoms with E-state index in [1.54, 1.807) is 0 Å². The molecule has 0 aromatic heterocycles. The molecule has 1 amide bonds. The second kappa shape index (κ2) is 5.74. The first-order valence-electron chi connectivity index (χ1n) is 7.40. The van der Waals surface area contributed by atoms with Crippen LogP contribution in [-0.4, -0.2) is 25.0 Å². The number of amides is 1. The highest BCUT2D eigenvalue weighted by Crippen LogP contribution is 2.47. The van der Waals surface area contributed by atoms with E-state index in [4.69, 9.17) is 0 Å². The summed E-state index contributed by atoms with van der Waals surface area (Å²) in [6, 6.07) is 11.0. The Morgan fingerprint density at radius 2 is 2.16 bits per heavy atom. The monoisotopic (exact) mass is 258 g/mol. The lowest BCUT2D eigenvalue weighted by Crippen LogP contribution is -2.31. The molecule has 2 unspecified atom stereocenters. The van der Waals surface area contributed by atoms with Crippen molar-refractivity contribution in [1.29, 1.82) is 0 Å². The van der Waals surface area contributed by atoms with Gasteiger partial charge in [0.1, 0.15) is 0 Å². The third kappa shape index (κ3) is 3.16. The second-order valence-electron chi connectivity index (χ2n) is 5.73. The van der Waals surface area contributed by atoms with E-state index in [0.717, 1.165) is 25.9 Å². The largest absolute Gasteiger partial charge is 0.356 e. The molecule has 3 nitrogen and oxygen atoms in total. The molecule has 0 radical (unpaired) electrons. The van der Waals surface area contributed by atoms with Crippen LogP contribution in [0.4, 0.5) is 0 Å². The van der Waals surface area contributed by atoms with Crippen molar-refractivity contribution in [2.75, 3.05) is 13.1 Å². The van der Waals surface area contributed by atoms with E-state index >= 15 is 0 Å². The topological polar surface area (TPSA) is 41.1 Å². The van der Waals surface area contributed by atoms with E-state index in [0.29, 0.717) is 12.0 Å². The summed E-state index contributed by atoms with van der Waals surface area (Å²) in [4.78, 5) is 12.0. The predicted molar refractivity (Wildman–Crippen MR) is 75.9 cm³/mol. The maximum Gasteiger partial charge on any atom is 0.223 e. The molecule has 1 saturated heterocycles.